The molecule has 0 aromatic heterocycles. The summed E-state index contributed by atoms with van der Waals surface area (Å²) < 4.78 is 5.11. The van der Waals surface area contributed by atoms with Gasteiger partial charge >= 0.3 is 5.97 Å². The van der Waals surface area contributed by atoms with Gasteiger partial charge in [0.15, 0.2) is 0 Å². The van der Waals surface area contributed by atoms with Crippen molar-refractivity contribution in [3.05, 3.63) is 35.4 Å². The lowest BCUT2D eigenvalue weighted by molar-refractivity contribution is -0.148. The van der Waals surface area contributed by atoms with Crippen molar-refractivity contribution in [3.63, 3.8) is 0 Å². The first-order valence-corrected chi connectivity index (χ1v) is 7.26. The van der Waals surface area contributed by atoms with E-state index in [4.69, 9.17) is 10.5 Å². The molecule has 1 amide bonds. The molecule has 0 saturated carbocycles. The molecule has 5 nitrogen and oxygen atoms in total. The summed E-state index contributed by atoms with van der Waals surface area (Å²) in [5, 5.41) is 3.20. The number of ether oxygens (including phenoxy) is 1. The van der Waals surface area contributed by atoms with Crippen molar-refractivity contribution < 1.29 is 14.3 Å². The molecule has 1 aliphatic carbocycles. The fourth-order valence-electron chi connectivity index (χ4n) is 2.51. The van der Waals surface area contributed by atoms with E-state index in [9.17, 15) is 9.59 Å². The molecular weight excluding hydrogens is 268 g/mol. The Hall–Kier alpha value is -1.88. The molecule has 5 heteroatoms. The van der Waals surface area contributed by atoms with Crippen molar-refractivity contribution in [2.75, 3.05) is 6.61 Å². The van der Waals surface area contributed by atoms with E-state index in [0.29, 0.717) is 0 Å². The highest BCUT2D eigenvalue weighted by atomic mass is 16.5. The lowest BCUT2D eigenvalue weighted by Crippen LogP contribution is -2.50. The predicted molar refractivity (Wildman–Crippen MR) is 79.6 cm³/mol. The zero-order chi connectivity index (χ0) is 15.4. The third kappa shape index (κ3) is 4.04. The lowest BCUT2D eigenvalue weighted by Gasteiger charge is -2.20. The maximum Gasteiger partial charge on any atom is 0.308 e. The van der Waals surface area contributed by atoms with Gasteiger partial charge in [0.25, 0.3) is 0 Å². The molecule has 0 heterocycles. The first kappa shape index (κ1) is 15.5. The molecule has 0 bridgehead atoms. The Balaban J connectivity index is 1.90. The van der Waals surface area contributed by atoms with Gasteiger partial charge in [-0.2, -0.15) is 0 Å². The Morgan fingerprint density at radius 2 is 1.86 bits per heavy atom. The molecule has 0 saturated heterocycles. The SMILES string of the molecule is CC(C)C(=O)OC[C@H](NC1Cc2ccccc2C1)C(N)=O. The van der Waals surface area contributed by atoms with Crippen LogP contribution in [0.3, 0.4) is 0 Å². The molecule has 0 aliphatic heterocycles. The van der Waals surface area contributed by atoms with Crippen LogP contribution in [0, 0.1) is 5.92 Å². The van der Waals surface area contributed by atoms with Gasteiger partial charge in [0.1, 0.15) is 12.6 Å². The van der Waals surface area contributed by atoms with Gasteiger partial charge in [-0.25, -0.2) is 0 Å². The molecule has 0 fully saturated rings. The van der Waals surface area contributed by atoms with Gasteiger partial charge < -0.3 is 10.5 Å². The van der Waals surface area contributed by atoms with Gasteiger partial charge in [-0.1, -0.05) is 38.1 Å². The predicted octanol–water partition coefficient (Wildman–Crippen LogP) is 0.796. The third-order valence-corrected chi connectivity index (χ3v) is 3.70. The third-order valence-electron chi connectivity index (χ3n) is 3.70. The van der Waals surface area contributed by atoms with Crippen molar-refractivity contribution >= 4 is 11.9 Å². The molecule has 3 N–H and O–H groups in total. The van der Waals surface area contributed by atoms with E-state index >= 15 is 0 Å². The van der Waals surface area contributed by atoms with E-state index in [0.717, 1.165) is 12.8 Å². The average molecular weight is 290 g/mol. The number of carbonyl (C=O) groups is 2. The molecule has 1 aliphatic rings. The largest absolute Gasteiger partial charge is 0.463 e. The molecular formula is C16H22N2O3. The number of hydrogen-bond donors (Lipinski definition) is 2. The number of amides is 1. The van der Waals surface area contributed by atoms with E-state index in [1.807, 2.05) is 12.1 Å². The molecule has 1 aromatic rings. The number of carbonyl (C=O) groups excluding carboxylic acids is 2. The van der Waals surface area contributed by atoms with Crippen LogP contribution < -0.4 is 11.1 Å². The highest BCUT2D eigenvalue weighted by Gasteiger charge is 2.26. The number of nitrogens with one attached hydrogen (secondary N) is 1. The fourth-order valence-corrected chi connectivity index (χ4v) is 2.51. The zero-order valence-electron chi connectivity index (χ0n) is 12.5. The van der Waals surface area contributed by atoms with Gasteiger partial charge in [-0.15, -0.1) is 0 Å². The molecule has 0 radical (unpaired) electrons. The topological polar surface area (TPSA) is 81.4 Å². The van der Waals surface area contributed by atoms with E-state index in [1.165, 1.54) is 11.1 Å². The highest BCUT2D eigenvalue weighted by Crippen LogP contribution is 2.21. The molecule has 1 atom stereocenters. The number of fused-ring (bicyclic) bond motifs is 1. The summed E-state index contributed by atoms with van der Waals surface area (Å²) in [5.41, 5.74) is 7.97. The van der Waals surface area contributed by atoms with Crippen molar-refractivity contribution in [2.45, 2.75) is 38.8 Å². The van der Waals surface area contributed by atoms with Crippen LogP contribution in [-0.4, -0.2) is 30.6 Å². The Labute approximate surface area is 124 Å². The lowest BCUT2D eigenvalue weighted by atomic mass is 10.1. The molecule has 21 heavy (non-hydrogen) atoms. The number of nitrogens with two attached hydrogens (primary N) is 1. The minimum absolute atomic E-state index is 0.0147. The van der Waals surface area contributed by atoms with Gasteiger partial charge in [-0.3, -0.25) is 14.9 Å². The zero-order valence-corrected chi connectivity index (χ0v) is 12.5. The summed E-state index contributed by atoms with van der Waals surface area (Å²) in [6.07, 6.45) is 1.72. The van der Waals surface area contributed by atoms with Crippen molar-refractivity contribution in [3.8, 4) is 0 Å². The molecule has 0 unspecified atom stereocenters. The minimum atomic E-state index is -0.646. The van der Waals surface area contributed by atoms with Crippen LogP contribution in [0.4, 0.5) is 0 Å². The molecule has 2 rings (SSSR count). The highest BCUT2D eigenvalue weighted by molar-refractivity contribution is 5.80. The van der Waals surface area contributed by atoms with Gasteiger partial charge in [0.2, 0.25) is 5.91 Å². The summed E-state index contributed by atoms with van der Waals surface area (Å²) in [6.45, 7) is 3.49. The van der Waals surface area contributed by atoms with Gasteiger partial charge in [-0.05, 0) is 24.0 Å². The van der Waals surface area contributed by atoms with Crippen LogP contribution in [0.15, 0.2) is 24.3 Å². The van der Waals surface area contributed by atoms with Crippen molar-refractivity contribution in [2.24, 2.45) is 11.7 Å². The van der Waals surface area contributed by atoms with Crippen molar-refractivity contribution in [1.29, 1.82) is 0 Å². The quantitative estimate of drug-likeness (QED) is 0.759. The maximum atomic E-state index is 11.5. The maximum absolute atomic E-state index is 11.5. The van der Waals surface area contributed by atoms with E-state index < -0.39 is 11.9 Å². The number of hydrogen-bond acceptors (Lipinski definition) is 4. The van der Waals surface area contributed by atoms with Crippen LogP contribution >= 0.6 is 0 Å². The Bertz CT molecular complexity index is 503. The molecule has 1 aromatic carbocycles. The minimum Gasteiger partial charge on any atom is -0.463 e. The first-order valence-electron chi connectivity index (χ1n) is 7.26. The number of primary amides is 1. The van der Waals surface area contributed by atoms with E-state index in [1.54, 1.807) is 13.8 Å². The summed E-state index contributed by atoms with van der Waals surface area (Å²) >= 11 is 0. The summed E-state index contributed by atoms with van der Waals surface area (Å²) in [7, 11) is 0. The monoisotopic (exact) mass is 290 g/mol. The summed E-state index contributed by atoms with van der Waals surface area (Å²) in [6, 6.07) is 7.71. The van der Waals surface area contributed by atoms with Crippen LogP contribution in [0.1, 0.15) is 25.0 Å². The summed E-state index contributed by atoms with van der Waals surface area (Å²) in [4.78, 5) is 23.0. The Morgan fingerprint density at radius 1 is 1.29 bits per heavy atom. The second kappa shape index (κ2) is 6.72. The molecule has 0 spiro atoms. The van der Waals surface area contributed by atoms with E-state index in [2.05, 4.69) is 17.4 Å². The van der Waals surface area contributed by atoms with E-state index in [-0.39, 0.29) is 24.5 Å². The normalized spacial score (nSPS) is 15.8. The van der Waals surface area contributed by atoms with Gasteiger partial charge in [0, 0.05) is 6.04 Å². The number of benzene rings is 1. The Kier molecular flexibility index (Phi) is 4.96. The van der Waals surface area contributed by atoms with Crippen LogP contribution in [0.2, 0.25) is 0 Å². The Morgan fingerprint density at radius 3 is 2.33 bits per heavy atom. The molecule has 114 valence electrons. The van der Waals surface area contributed by atoms with Crippen LogP contribution in [-0.2, 0) is 27.2 Å². The first-order chi connectivity index (χ1) is 9.97. The summed E-state index contributed by atoms with van der Waals surface area (Å²) in [5.74, 6) is -1.03. The smallest absolute Gasteiger partial charge is 0.308 e. The number of esters is 1. The number of rotatable bonds is 6. The fraction of sp³-hybridized carbons (Fsp3) is 0.500. The second-order valence-corrected chi connectivity index (χ2v) is 5.78. The second-order valence-electron chi connectivity index (χ2n) is 5.78. The van der Waals surface area contributed by atoms with Gasteiger partial charge in [0.05, 0.1) is 5.92 Å². The van der Waals surface area contributed by atoms with Crippen LogP contribution in [0.25, 0.3) is 0 Å². The van der Waals surface area contributed by atoms with Crippen molar-refractivity contribution in [1.82, 2.24) is 5.32 Å². The average Bonchev–Trinajstić information content (AvgIpc) is 2.84. The standard InChI is InChI=1S/C16H22N2O3/c1-10(2)16(20)21-9-14(15(17)19)18-13-7-11-5-3-4-6-12(11)8-13/h3-6,10,13-14,18H,7-9H2,1-2H3,(H2,17,19)/t14-/m0/s1. The van der Waals surface area contributed by atoms with Crippen LogP contribution in [0.5, 0.6) is 0 Å².